The fourth-order valence-corrected chi connectivity index (χ4v) is 3.95. The number of carbonyl (C=O) groups excluding carboxylic acids is 1. The minimum absolute atomic E-state index is 0.322. The van der Waals surface area contributed by atoms with Crippen LogP contribution in [0.25, 0.3) is 10.1 Å². The molecule has 0 atom stereocenters. The van der Waals surface area contributed by atoms with Gasteiger partial charge in [0.1, 0.15) is 4.88 Å². The first-order chi connectivity index (χ1) is 13.3. The highest BCUT2D eigenvalue weighted by atomic mass is 32.1. The van der Waals surface area contributed by atoms with Crippen molar-refractivity contribution >= 4 is 38.8 Å². The Hall–Kier alpha value is -3.24. The van der Waals surface area contributed by atoms with E-state index in [0.717, 1.165) is 32.6 Å². The summed E-state index contributed by atoms with van der Waals surface area (Å²) in [5.74, 6) is -0.322. The van der Waals surface area contributed by atoms with Gasteiger partial charge in [0.2, 0.25) is 0 Å². The van der Waals surface area contributed by atoms with E-state index >= 15 is 0 Å². The fourth-order valence-electron chi connectivity index (χ4n) is 2.95. The lowest BCUT2D eigenvalue weighted by Crippen LogP contribution is -2.02. The lowest BCUT2D eigenvalue weighted by Gasteiger charge is -2.08. The summed E-state index contributed by atoms with van der Waals surface area (Å²) in [5.41, 5.74) is 3.82. The maximum atomic E-state index is 11.9. The van der Waals surface area contributed by atoms with Gasteiger partial charge < -0.3 is 4.74 Å². The number of rotatable bonds is 4. The van der Waals surface area contributed by atoms with Gasteiger partial charge in [0.25, 0.3) is 0 Å². The molecule has 1 aromatic heterocycles. The number of esters is 1. The molecule has 0 N–H and O–H groups in total. The van der Waals surface area contributed by atoms with Crippen LogP contribution in [0.2, 0.25) is 0 Å². The maximum Gasteiger partial charge on any atom is 0.348 e. The van der Waals surface area contributed by atoms with Crippen LogP contribution in [0.4, 0.5) is 5.69 Å². The third-order valence-electron chi connectivity index (χ3n) is 4.25. The smallest absolute Gasteiger partial charge is 0.348 e. The Morgan fingerprint density at radius 3 is 2.07 bits per heavy atom. The molecule has 0 aliphatic carbocycles. The molecule has 4 rings (SSSR count). The molecule has 0 bridgehead atoms. The average Bonchev–Trinajstić information content (AvgIpc) is 3.18. The number of thiophene rings is 1. The minimum Gasteiger partial charge on any atom is -0.465 e. The molecule has 3 nitrogen and oxygen atoms in total. The van der Waals surface area contributed by atoms with E-state index < -0.39 is 0 Å². The third kappa shape index (κ3) is 3.52. The number of benzene rings is 3. The standard InChI is InChI=1S/C23H17NO2S/c1-26-23(25)21-15-18-19(13-8-14-20(18)27-21)24-22(16-9-4-2-5-10-16)17-11-6-3-7-12-17/h2-15H,1H3. The molecule has 4 heteroatoms. The molecule has 132 valence electrons. The second-order valence-electron chi connectivity index (χ2n) is 5.98. The fraction of sp³-hybridized carbons (Fsp3) is 0.0435. The molecule has 1 heterocycles. The van der Waals surface area contributed by atoms with E-state index in [1.165, 1.54) is 18.4 Å². The molecular formula is C23H17NO2S. The van der Waals surface area contributed by atoms with Crippen molar-refractivity contribution in [2.75, 3.05) is 7.11 Å². The Balaban J connectivity index is 1.90. The number of carbonyl (C=O) groups is 1. The van der Waals surface area contributed by atoms with Crippen LogP contribution in [0.15, 0.2) is 89.9 Å². The lowest BCUT2D eigenvalue weighted by molar-refractivity contribution is 0.0606. The SMILES string of the molecule is COC(=O)c1cc2c(N=C(c3ccccc3)c3ccccc3)cccc2s1. The van der Waals surface area contributed by atoms with Crippen molar-refractivity contribution in [2.45, 2.75) is 0 Å². The van der Waals surface area contributed by atoms with Crippen LogP contribution >= 0.6 is 11.3 Å². The average molecular weight is 371 g/mol. The monoisotopic (exact) mass is 371 g/mol. The van der Waals surface area contributed by atoms with Gasteiger partial charge in [0, 0.05) is 21.2 Å². The predicted octanol–water partition coefficient (Wildman–Crippen LogP) is 5.86. The van der Waals surface area contributed by atoms with Gasteiger partial charge in [-0.2, -0.15) is 0 Å². The summed E-state index contributed by atoms with van der Waals surface area (Å²) in [6.07, 6.45) is 0. The van der Waals surface area contributed by atoms with Crippen LogP contribution in [0.5, 0.6) is 0 Å². The number of nitrogens with zero attached hydrogens (tertiary/aromatic N) is 1. The van der Waals surface area contributed by atoms with Crippen molar-refractivity contribution in [1.29, 1.82) is 0 Å². The van der Waals surface area contributed by atoms with Crippen molar-refractivity contribution in [2.24, 2.45) is 4.99 Å². The largest absolute Gasteiger partial charge is 0.465 e. The van der Waals surface area contributed by atoms with Crippen molar-refractivity contribution in [3.63, 3.8) is 0 Å². The molecular weight excluding hydrogens is 354 g/mol. The molecule has 0 spiro atoms. The van der Waals surface area contributed by atoms with Gasteiger partial charge in [-0.15, -0.1) is 11.3 Å². The molecule has 0 unspecified atom stereocenters. The molecule has 4 aromatic rings. The summed E-state index contributed by atoms with van der Waals surface area (Å²) in [4.78, 5) is 17.5. The highest BCUT2D eigenvalue weighted by Crippen LogP contribution is 2.34. The first-order valence-electron chi connectivity index (χ1n) is 8.56. The number of aliphatic imine (C=N–C) groups is 1. The Bertz CT molecular complexity index is 1070. The second-order valence-corrected chi connectivity index (χ2v) is 7.07. The van der Waals surface area contributed by atoms with E-state index in [1.807, 2.05) is 60.7 Å². The maximum absolute atomic E-state index is 11.9. The number of methoxy groups -OCH3 is 1. The second kappa shape index (κ2) is 7.56. The highest BCUT2D eigenvalue weighted by molar-refractivity contribution is 7.20. The Kier molecular flexibility index (Phi) is 4.81. The molecule has 0 amide bonds. The van der Waals surface area contributed by atoms with Gasteiger partial charge in [0.05, 0.1) is 18.5 Å². The molecule has 0 saturated heterocycles. The van der Waals surface area contributed by atoms with Gasteiger partial charge in [-0.25, -0.2) is 9.79 Å². The lowest BCUT2D eigenvalue weighted by atomic mass is 10.0. The third-order valence-corrected chi connectivity index (χ3v) is 5.33. The first-order valence-corrected chi connectivity index (χ1v) is 9.38. The van der Waals surface area contributed by atoms with Crippen LogP contribution in [0.3, 0.4) is 0 Å². The number of hydrogen-bond acceptors (Lipinski definition) is 4. The van der Waals surface area contributed by atoms with Crippen LogP contribution in [0.1, 0.15) is 20.8 Å². The van der Waals surface area contributed by atoms with Gasteiger partial charge in [-0.1, -0.05) is 66.7 Å². The van der Waals surface area contributed by atoms with E-state index in [0.29, 0.717) is 4.88 Å². The summed E-state index contributed by atoms with van der Waals surface area (Å²) < 4.78 is 5.87. The highest BCUT2D eigenvalue weighted by Gasteiger charge is 2.13. The number of hydrogen-bond donors (Lipinski definition) is 0. The normalized spacial score (nSPS) is 10.6. The molecule has 0 saturated carbocycles. The Morgan fingerprint density at radius 2 is 1.48 bits per heavy atom. The van der Waals surface area contributed by atoms with Gasteiger partial charge in [-0.3, -0.25) is 0 Å². The van der Waals surface area contributed by atoms with Crippen molar-refractivity contribution in [1.82, 2.24) is 0 Å². The number of ether oxygens (including phenoxy) is 1. The molecule has 27 heavy (non-hydrogen) atoms. The molecule has 0 aliphatic rings. The molecule has 0 fully saturated rings. The summed E-state index contributed by atoms with van der Waals surface area (Å²) in [5, 5.41) is 0.951. The van der Waals surface area contributed by atoms with Crippen molar-refractivity contribution in [3.05, 3.63) is 101 Å². The summed E-state index contributed by atoms with van der Waals surface area (Å²) in [6, 6.07) is 28.0. The van der Waals surface area contributed by atoms with Crippen LogP contribution < -0.4 is 0 Å². The summed E-state index contributed by atoms with van der Waals surface area (Å²) in [7, 11) is 1.40. The van der Waals surface area contributed by atoms with Crippen LogP contribution in [0, 0.1) is 0 Å². The summed E-state index contributed by atoms with van der Waals surface area (Å²) >= 11 is 1.42. The van der Waals surface area contributed by atoms with E-state index in [2.05, 4.69) is 24.3 Å². The van der Waals surface area contributed by atoms with Gasteiger partial charge in [-0.05, 0) is 18.2 Å². The minimum atomic E-state index is -0.322. The van der Waals surface area contributed by atoms with Crippen molar-refractivity contribution < 1.29 is 9.53 Å². The zero-order valence-corrected chi connectivity index (χ0v) is 15.6. The topological polar surface area (TPSA) is 38.7 Å². The Labute approximate surface area is 161 Å². The van der Waals surface area contributed by atoms with Crippen molar-refractivity contribution in [3.8, 4) is 0 Å². The Morgan fingerprint density at radius 1 is 0.852 bits per heavy atom. The first kappa shape index (κ1) is 17.2. The molecule has 0 aliphatic heterocycles. The zero-order chi connectivity index (χ0) is 18.6. The van der Waals surface area contributed by atoms with E-state index in [9.17, 15) is 4.79 Å². The van der Waals surface area contributed by atoms with Crippen LogP contribution in [-0.4, -0.2) is 18.8 Å². The van der Waals surface area contributed by atoms with E-state index in [-0.39, 0.29) is 5.97 Å². The van der Waals surface area contributed by atoms with Crippen LogP contribution in [-0.2, 0) is 4.74 Å². The summed E-state index contributed by atoms with van der Waals surface area (Å²) in [6.45, 7) is 0. The number of fused-ring (bicyclic) bond motifs is 1. The quantitative estimate of drug-likeness (QED) is 0.333. The van der Waals surface area contributed by atoms with Gasteiger partial charge >= 0.3 is 5.97 Å². The molecule has 3 aromatic carbocycles. The molecule has 0 radical (unpaired) electrons. The predicted molar refractivity (Wildman–Crippen MR) is 111 cm³/mol. The van der Waals surface area contributed by atoms with Gasteiger partial charge in [0.15, 0.2) is 0 Å². The van der Waals surface area contributed by atoms with E-state index in [1.54, 1.807) is 0 Å². The van der Waals surface area contributed by atoms with E-state index in [4.69, 9.17) is 9.73 Å². The zero-order valence-electron chi connectivity index (χ0n) is 14.8.